The minimum absolute atomic E-state index is 0.335. The Kier molecular flexibility index (Phi) is 5.34. The molecule has 1 saturated heterocycles. The predicted molar refractivity (Wildman–Crippen MR) is 114 cm³/mol. The number of imidazole rings is 1. The molecule has 0 radical (unpaired) electrons. The minimum Gasteiger partial charge on any atom is -0.354 e. The van der Waals surface area contributed by atoms with Crippen molar-refractivity contribution in [3.05, 3.63) is 58.4 Å². The van der Waals surface area contributed by atoms with Crippen molar-refractivity contribution in [2.45, 2.75) is 11.8 Å². The summed E-state index contributed by atoms with van der Waals surface area (Å²) in [7, 11) is -3.48. The molecule has 0 amide bonds. The molecule has 0 N–H and O–H groups in total. The molecule has 28 heavy (non-hydrogen) atoms. The Labute approximate surface area is 177 Å². The van der Waals surface area contributed by atoms with Crippen molar-refractivity contribution in [3.8, 4) is 5.82 Å². The van der Waals surface area contributed by atoms with E-state index in [1.165, 1.54) is 10.6 Å². The second-order valence-corrected chi connectivity index (χ2v) is 9.61. The van der Waals surface area contributed by atoms with E-state index < -0.39 is 10.0 Å². The molecule has 10 heteroatoms. The fourth-order valence-electron chi connectivity index (χ4n) is 3.18. The molecule has 0 unspecified atom stereocenters. The summed E-state index contributed by atoms with van der Waals surface area (Å²) in [6, 6.07) is 8.84. The van der Waals surface area contributed by atoms with Gasteiger partial charge in [-0.2, -0.15) is 4.31 Å². The number of halogens is 1. The van der Waals surface area contributed by atoms with E-state index in [1.807, 2.05) is 35.9 Å². The van der Waals surface area contributed by atoms with Crippen LogP contribution in [0.1, 0.15) is 5.82 Å². The number of benzene rings is 1. The summed E-state index contributed by atoms with van der Waals surface area (Å²) < 4.78 is 30.2. The monoisotopic (exact) mass is 510 g/mol. The van der Waals surface area contributed by atoms with Gasteiger partial charge in [0.15, 0.2) is 0 Å². The first-order valence-electron chi connectivity index (χ1n) is 8.78. The third-order valence-electron chi connectivity index (χ3n) is 4.72. The average Bonchev–Trinajstić information content (AvgIpc) is 3.14. The van der Waals surface area contributed by atoms with Gasteiger partial charge in [0, 0.05) is 48.2 Å². The third kappa shape index (κ3) is 3.76. The first-order valence-corrected chi connectivity index (χ1v) is 11.3. The van der Waals surface area contributed by atoms with Crippen LogP contribution >= 0.6 is 22.6 Å². The number of piperazine rings is 1. The van der Waals surface area contributed by atoms with E-state index >= 15 is 0 Å². The van der Waals surface area contributed by atoms with Crippen molar-refractivity contribution in [2.24, 2.45) is 0 Å². The summed E-state index contributed by atoms with van der Waals surface area (Å²) in [5, 5.41) is 0. The number of hydrogen-bond donors (Lipinski definition) is 0. The van der Waals surface area contributed by atoms with E-state index in [0.717, 1.165) is 21.0 Å². The molecule has 0 aliphatic carbocycles. The van der Waals surface area contributed by atoms with Gasteiger partial charge in [-0.15, -0.1) is 0 Å². The highest BCUT2D eigenvalue weighted by Crippen LogP contribution is 2.21. The van der Waals surface area contributed by atoms with Gasteiger partial charge in [-0.25, -0.2) is 23.4 Å². The van der Waals surface area contributed by atoms with E-state index in [1.54, 1.807) is 18.3 Å². The normalized spacial score (nSPS) is 15.7. The molecule has 4 rings (SSSR count). The van der Waals surface area contributed by atoms with Gasteiger partial charge >= 0.3 is 0 Å². The average molecular weight is 510 g/mol. The van der Waals surface area contributed by atoms with E-state index in [4.69, 9.17) is 0 Å². The number of anilines is 1. The quantitative estimate of drug-likeness (QED) is 0.500. The summed E-state index contributed by atoms with van der Waals surface area (Å²) in [5.41, 5.74) is 0. The maximum absolute atomic E-state index is 12.9. The number of sulfonamides is 1. The van der Waals surface area contributed by atoms with Gasteiger partial charge in [0.05, 0.1) is 4.90 Å². The smallest absolute Gasteiger partial charge is 0.243 e. The maximum atomic E-state index is 12.9. The van der Waals surface area contributed by atoms with Crippen LogP contribution in [0.25, 0.3) is 5.82 Å². The van der Waals surface area contributed by atoms with Crippen LogP contribution in [-0.2, 0) is 10.0 Å². The van der Waals surface area contributed by atoms with Crippen LogP contribution in [0, 0.1) is 10.5 Å². The number of nitrogens with zero attached hydrogens (tertiary/aromatic N) is 6. The highest BCUT2D eigenvalue weighted by atomic mass is 127. The topological polar surface area (TPSA) is 84.2 Å². The molecule has 1 aliphatic rings. The summed E-state index contributed by atoms with van der Waals surface area (Å²) in [6.07, 6.45) is 5.11. The number of aryl methyl sites for hydroxylation is 1. The summed E-state index contributed by atoms with van der Waals surface area (Å²) in [5.74, 6) is 2.37. The molecule has 0 saturated carbocycles. The van der Waals surface area contributed by atoms with Gasteiger partial charge in [0.2, 0.25) is 10.0 Å². The first-order chi connectivity index (χ1) is 13.4. The molecule has 0 bridgehead atoms. The van der Waals surface area contributed by atoms with Gasteiger partial charge in [-0.3, -0.25) is 4.57 Å². The van der Waals surface area contributed by atoms with E-state index in [-0.39, 0.29) is 0 Å². The molecule has 1 aromatic carbocycles. The Morgan fingerprint density at radius 3 is 2.29 bits per heavy atom. The predicted octanol–water partition coefficient (Wildman–Crippen LogP) is 2.09. The van der Waals surface area contributed by atoms with E-state index in [9.17, 15) is 8.42 Å². The Balaban J connectivity index is 1.49. The van der Waals surface area contributed by atoms with Crippen LogP contribution in [0.15, 0.2) is 53.9 Å². The van der Waals surface area contributed by atoms with Crippen LogP contribution in [0.2, 0.25) is 0 Å². The van der Waals surface area contributed by atoms with Crippen LogP contribution in [0.4, 0.5) is 5.82 Å². The number of hydrogen-bond acceptors (Lipinski definition) is 6. The molecule has 1 fully saturated rings. The lowest BCUT2D eigenvalue weighted by Gasteiger charge is -2.34. The van der Waals surface area contributed by atoms with Gasteiger partial charge in [0.25, 0.3) is 0 Å². The maximum Gasteiger partial charge on any atom is 0.243 e. The molecule has 1 aliphatic heterocycles. The van der Waals surface area contributed by atoms with Crippen molar-refractivity contribution < 1.29 is 8.42 Å². The second-order valence-electron chi connectivity index (χ2n) is 6.42. The van der Waals surface area contributed by atoms with Gasteiger partial charge in [-0.1, -0.05) is 0 Å². The fourth-order valence-corrected chi connectivity index (χ4v) is 4.96. The molecule has 3 aromatic rings. The standard InChI is InChI=1S/C18H19IN6O2S/c1-14-20-6-7-25(14)18-12-17(21-13-22-18)23-8-10-24(11-9-23)28(26,27)16-4-2-15(19)3-5-16/h2-7,12-13H,8-11H2,1H3. The third-order valence-corrected chi connectivity index (χ3v) is 7.36. The Morgan fingerprint density at radius 1 is 0.964 bits per heavy atom. The van der Waals surface area contributed by atoms with E-state index in [2.05, 4.69) is 42.4 Å². The van der Waals surface area contributed by atoms with Crippen molar-refractivity contribution in [2.75, 3.05) is 31.1 Å². The molecule has 8 nitrogen and oxygen atoms in total. The lowest BCUT2D eigenvalue weighted by molar-refractivity contribution is 0.383. The van der Waals surface area contributed by atoms with Crippen LogP contribution in [0.3, 0.4) is 0 Å². The zero-order valence-corrected chi connectivity index (χ0v) is 18.2. The zero-order chi connectivity index (χ0) is 19.7. The summed E-state index contributed by atoms with van der Waals surface area (Å²) in [4.78, 5) is 15.3. The van der Waals surface area contributed by atoms with Crippen LogP contribution < -0.4 is 4.90 Å². The fraction of sp³-hybridized carbons (Fsp3) is 0.278. The van der Waals surface area contributed by atoms with Crippen molar-refractivity contribution in [1.29, 1.82) is 0 Å². The molecular weight excluding hydrogens is 491 g/mol. The lowest BCUT2D eigenvalue weighted by Crippen LogP contribution is -2.48. The van der Waals surface area contributed by atoms with Gasteiger partial charge in [0.1, 0.15) is 23.8 Å². The molecular formula is C18H19IN6O2S. The molecule has 0 atom stereocenters. The minimum atomic E-state index is -3.48. The van der Waals surface area contributed by atoms with Gasteiger partial charge in [-0.05, 0) is 53.8 Å². The zero-order valence-electron chi connectivity index (χ0n) is 15.2. The SMILES string of the molecule is Cc1nccn1-c1cc(N2CCN(S(=O)(=O)c3ccc(I)cc3)CC2)ncn1. The van der Waals surface area contributed by atoms with Crippen molar-refractivity contribution in [3.63, 3.8) is 0 Å². The Hall–Kier alpha value is -2.05. The molecule has 3 heterocycles. The van der Waals surface area contributed by atoms with Crippen molar-refractivity contribution >= 4 is 38.4 Å². The summed E-state index contributed by atoms with van der Waals surface area (Å²) in [6.45, 7) is 3.89. The van der Waals surface area contributed by atoms with Crippen molar-refractivity contribution in [1.82, 2.24) is 23.8 Å². The second kappa shape index (κ2) is 7.76. The number of rotatable bonds is 4. The summed E-state index contributed by atoms with van der Waals surface area (Å²) >= 11 is 2.16. The first kappa shape index (κ1) is 19.3. The van der Waals surface area contributed by atoms with E-state index in [0.29, 0.717) is 31.1 Å². The molecule has 146 valence electrons. The molecule has 0 spiro atoms. The molecule has 2 aromatic heterocycles. The largest absolute Gasteiger partial charge is 0.354 e. The lowest BCUT2D eigenvalue weighted by atomic mass is 10.3. The highest BCUT2D eigenvalue weighted by molar-refractivity contribution is 14.1. The number of aromatic nitrogens is 4. The Bertz CT molecular complexity index is 1080. The van der Waals surface area contributed by atoms with Gasteiger partial charge < -0.3 is 4.90 Å². The van der Waals surface area contributed by atoms with Crippen LogP contribution in [-0.4, -0.2) is 58.4 Å². The van der Waals surface area contributed by atoms with Crippen LogP contribution in [0.5, 0.6) is 0 Å². The highest BCUT2D eigenvalue weighted by Gasteiger charge is 2.29. The Morgan fingerprint density at radius 2 is 1.64 bits per heavy atom.